The number of carbonyl (C=O) groups excluding carboxylic acids is 1. The number of hydrogen-bond acceptors (Lipinski definition) is 5. The normalized spacial score (nSPS) is 19.0. The summed E-state index contributed by atoms with van der Waals surface area (Å²) in [5.41, 5.74) is 2.40. The third-order valence-electron chi connectivity index (χ3n) is 6.90. The Kier molecular flexibility index (Phi) is 6.59. The fourth-order valence-corrected chi connectivity index (χ4v) is 6.09. The number of thiophene rings is 1. The molecule has 1 aliphatic heterocycles. The van der Waals surface area contributed by atoms with Crippen molar-refractivity contribution in [2.45, 2.75) is 38.2 Å². The van der Waals surface area contributed by atoms with Crippen molar-refractivity contribution in [1.82, 2.24) is 0 Å². The lowest BCUT2D eigenvalue weighted by Gasteiger charge is -2.36. The highest BCUT2D eigenvalue weighted by Gasteiger charge is 2.27. The maximum absolute atomic E-state index is 15.0. The van der Waals surface area contributed by atoms with Crippen LogP contribution in [0.2, 0.25) is 5.02 Å². The predicted octanol–water partition coefficient (Wildman–Crippen LogP) is 6.93. The Hall–Kier alpha value is -2.15. The summed E-state index contributed by atoms with van der Waals surface area (Å²) in [6.07, 6.45) is 6.43. The van der Waals surface area contributed by atoms with Gasteiger partial charge in [0.15, 0.2) is 5.13 Å². The van der Waals surface area contributed by atoms with E-state index in [9.17, 15) is 9.18 Å². The van der Waals surface area contributed by atoms with Crippen molar-refractivity contribution in [3.8, 4) is 11.1 Å². The van der Waals surface area contributed by atoms with Gasteiger partial charge in [-0.3, -0.25) is 0 Å². The van der Waals surface area contributed by atoms with Crippen LogP contribution in [0, 0.1) is 11.0 Å². The van der Waals surface area contributed by atoms with Crippen LogP contribution in [-0.2, 0) is 9.47 Å². The van der Waals surface area contributed by atoms with E-state index in [4.69, 9.17) is 21.1 Å². The first-order valence-corrected chi connectivity index (χ1v) is 12.7. The zero-order valence-electron chi connectivity index (χ0n) is 18.6. The van der Waals surface area contributed by atoms with Gasteiger partial charge in [-0.15, -0.1) is 11.3 Å². The average molecular weight is 488 g/mol. The fraction of sp³-hybridized carbons (Fsp3) is 0.423. The van der Waals surface area contributed by atoms with E-state index in [1.807, 2.05) is 18.2 Å². The molecule has 174 valence electrons. The zero-order chi connectivity index (χ0) is 22.9. The second kappa shape index (κ2) is 9.61. The highest BCUT2D eigenvalue weighted by atomic mass is 35.5. The van der Waals surface area contributed by atoms with Gasteiger partial charge in [0.25, 0.3) is 0 Å². The van der Waals surface area contributed by atoms with Gasteiger partial charge in [-0.25, -0.2) is 4.79 Å². The summed E-state index contributed by atoms with van der Waals surface area (Å²) in [6.45, 7) is 2.07. The lowest BCUT2D eigenvalue weighted by Crippen LogP contribution is -2.43. The minimum absolute atomic E-state index is 0.160. The molecule has 3 aromatic rings. The molecule has 2 fully saturated rings. The van der Waals surface area contributed by atoms with Gasteiger partial charge in [0, 0.05) is 33.8 Å². The van der Waals surface area contributed by atoms with E-state index < -0.39 is 5.97 Å². The Morgan fingerprint density at radius 2 is 2.09 bits per heavy atom. The van der Waals surface area contributed by atoms with Crippen LogP contribution in [0.3, 0.4) is 0 Å². The molecule has 0 bridgehead atoms. The standard InChI is InChI=1S/C26H27ClFNO3S/c1-31-26(30)21-13-17(24-20-9-7-18(27)14-23(20)33-25(24)28)6-10-22(21)29-11-12-32-19(15-29)8-5-16-3-2-4-16/h6-7,9-10,13-14,16,19H,2-5,8,11-12,15H2,1H3/t19-/m1/s1. The highest BCUT2D eigenvalue weighted by Crippen LogP contribution is 2.40. The number of nitrogens with zero attached hydrogens (tertiary/aromatic N) is 1. The Morgan fingerprint density at radius 1 is 1.24 bits per heavy atom. The summed E-state index contributed by atoms with van der Waals surface area (Å²) in [4.78, 5) is 14.9. The lowest BCUT2D eigenvalue weighted by atomic mass is 9.81. The molecule has 5 rings (SSSR count). The largest absolute Gasteiger partial charge is 0.465 e. The second-order valence-electron chi connectivity index (χ2n) is 8.93. The number of esters is 1. The summed E-state index contributed by atoms with van der Waals surface area (Å²) in [5.74, 6) is 0.423. The summed E-state index contributed by atoms with van der Waals surface area (Å²) in [6, 6.07) is 10.9. The van der Waals surface area contributed by atoms with E-state index in [2.05, 4.69) is 4.90 Å². The Morgan fingerprint density at radius 3 is 2.85 bits per heavy atom. The lowest BCUT2D eigenvalue weighted by molar-refractivity contribution is 0.0283. The van der Waals surface area contributed by atoms with Gasteiger partial charge < -0.3 is 14.4 Å². The molecule has 0 amide bonds. The number of methoxy groups -OCH3 is 1. The molecule has 1 aliphatic carbocycles. The van der Waals surface area contributed by atoms with E-state index in [-0.39, 0.29) is 11.2 Å². The first-order valence-electron chi connectivity index (χ1n) is 11.5. The van der Waals surface area contributed by atoms with E-state index >= 15 is 0 Å². The van der Waals surface area contributed by atoms with E-state index in [1.54, 1.807) is 18.2 Å². The number of benzene rings is 2. The summed E-state index contributed by atoms with van der Waals surface area (Å²) in [5, 5.41) is 1.06. The van der Waals surface area contributed by atoms with Gasteiger partial charge >= 0.3 is 5.97 Å². The zero-order valence-corrected chi connectivity index (χ0v) is 20.2. The Bertz CT molecular complexity index is 1180. The van der Waals surface area contributed by atoms with Crippen LogP contribution in [0.4, 0.5) is 10.1 Å². The van der Waals surface area contributed by atoms with Crippen LogP contribution < -0.4 is 4.90 Å². The summed E-state index contributed by atoms with van der Waals surface area (Å²) in [7, 11) is 1.38. The minimum Gasteiger partial charge on any atom is -0.465 e. The molecule has 2 heterocycles. The maximum atomic E-state index is 15.0. The van der Waals surface area contributed by atoms with Gasteiger partial charge in [-0.2, -0.15) is 4.39 Å². The van der Waals surface area contributed by atoms with Gasteiger partial charge in [0.2, 0.25) is 0 Å². The van der Waals surface area contributed by atoms with Gasteiger partial charge in [-0.05, 0) is 48.6 Å². The van der Waals surface area contributed by atoms with Crippen molar-refractivity contribution in [1.29, 1.82) is 0 Å². The molecule has 0 unspecified atom stereocenters. The molecule has 0 radical (unpaired) electrons. The van der Waals surface area contributed by atoms with Crippen LogP contribution in [0.25, 0.3) is 21.2 Å². The average Bonchev–Trinajstić information content (AvgIpc) is 3.12. The monoisotopic (exact) mass is 487 g/mol. The quantitative estimate of drug-likeness (QED) is 0.353. The topological polar surface area (TPSA) is 38.8 Å². The van der Waals surface area contributed by atoms with E-state index in [1.165, 1.54) is 32.8 Å². The molecule has 4 nitrogen and oxygen atoms in total. The third-order valence-corrected chi connectivity index (χ3v) is 8.08. The number of fused-ring (bicyclic) bond motifs is 1. The molecule has 2 aromatic carbocycles. The van der Waals surface area contributed by atoms with Crippen molar-refractivity contribution in [2.24, 2.45) is 5.92 Å². The molecule has 33 heavy (non-hydrogen) atoms. The van der Waals surface area contributed by atoms with E-state index in [0.29, 0.717) is 34.9 Å². The van der Waals surface area contributed by atoms with Crippen molar-refractivity contribution in [3.05, 3.63) is 52.1 Å². The van der Waals surface area contributed by atoms with Gasteiger partial charge in [0.05, 0.1) is 31.1 Å². The van der Waals surface area contributed by atoms with Gasteiger partial charge in [-0.1, -0.05) is 43.0 Å². The molecular weight excluding hydrogens is 461 g/mol. The number of halogens is 2. The molecule has 2 aliphatic rings. The van der Waals surface area contributed by atoms with Crippen molar-refractivity contribution in [2.75, 3.05) is 31.7 Å². The number of carbonyl (C=O) groups is 1. The number of rotatable bonds is 6. The minimum atomic E-state index is -0.424. The number of morpholine rings is 1. The van der Waals surface area contributed by atoms with Crippen LogP contribution in [-0.4, -0.2) is 38.9 Å². The maximum Gasteiger partial charge on any atom is 0.339 e. The molecule has 1 aromatic heterocycles. The van der Waals surface area contributed by atoms with Crippen molar-refractivity contribution >= 4 is 44.7 Å². The highest BCUT2D eigenvalue weighted by molar-refractivity contribution is 7.18. The number of ether oxygens (including phenoxy) is 2. The number of hydrogen-bond donors (Lipinski definition) is 0. The van der Waals surface area contributed by atoms with Crippen molar-refractivity contribution in [3.63, 3.8) is 0 Å². The predicted molar refractivity (Wildman–Crippen MR) is 132 cm³/mol. The van der Waals surface area contributed by atoms with Gasteiger partial charge in [0.1, 0.15) is 0 Å². The molecule has 1 saturated heterocycles. The van der Waals surface area contributed by atoms with Crippen LogP contribution in [0.15, 0.2) is 36.4 Å². The first kappa shape index (κ1) is 22.6. The smallest absolute Gasteiger partial charge is 0.339 e. The van der Waals surface area contributed by atoms with Crippen molar-refractivity contribution < 1.29 is 18.7 Å². The Labute approximate surface area is 202 Å². The third kappa shape index (κ3) is 4.61. The summed E-state index contributed by atoms with van der Waals surface area (Å²) >= 11 is 7.15. The van der Waals surface area contributed by atoms with Crippen LogP contribution in [0.1, 0.15) is 42.5 Å². The first-order chi connectivity index (χ1) is 16.0. The molecule has 0 N–H and O–H groups in total. The molecule has 1 saturated carbocycles. The van der Waals surface area contributed by atoms with Crippen LogP contribution >= 0.6 is 22.9 Å². The molecule has 1 atom stereocenters. The number of anilines is 1. The second-order valence-corrected chi connectivity index (χ2v) is 10.4. The SMILES string of the molecule is COC(=O)c1cc(-c2c(F)sc3cc(Cl)ccc23)ccc1N1CCO[C@H](CCC2CCC2)C1. The molecule has 0 spiro atoms. The van der Waals surface area contributed by atoms with E-state index in [0.717, 1.165) is 46.0 Å². The molecule has 7 heteroatoms. The Balaban J connectivity index is 1.45. The fourth-order valence-electron chi connectivity index (χ4n) is 4.87. The molecular formula is C26H27ClFNO3S. The van der Waals surface area contributed by atoms with Crippen LogP contribution in [0.5, 0.6) is 0 Å². The summed E-state index contributed by atoms with van der Waals surface area (Å²) < 4.78 is 26.8.